The third-order valence-electron chi connectivity index (χ3n) is 3.18. The van der Waals surface area contributed by atoms with Crippen LogP contribution in [-0.2, 0) is 11.2 Å². The van der Waals surface area contributed by atoms with Crippen LogP contribution in [0.15, 0.2) is 54.6 Å². The molecule has 4 heteroatoms. The molecular weight excluding hydrogens is 264 g/mol. The molecule has 4 nitrogen and oxygen atoms in total. The lowest BCUT2D eigenvalue weighted by molar-refractivity contribution is -0.121. The van der Waals surface area contributed by atoms with Crippen molar-refractivity contribution < 1.29 is 9.53 Å². The van der Waals surface area contributed by atoms with Crippen LogP contribution in [-0.4, -0.2) is 12.5 Å². The monoisotopic (exact) mass is 284 g/mol. The number of carbonyl (C=O) groups excluding carboxylic acids is 1. The first-order chi connectivity index (χ1) is 10.3. The van der Waals surface area contributed by atoms with Crippen molar-refractivity contribution in [2.45, 2.75) is 19.3 Å². The molecule has 2 aromatic carbocycles. The number of ether oxygens (including phenoxy) is 1. The van der Waals surface area contributed by atoms with Crippen LogP contribution in [0.25, 0.3) is 0 Å². The molecule has 2 aromatic rings. The van der Waals surface area contributed by atoms with Crippen LogP contribution >= 0.6 is 0 Å². The molecule has 21 heavy (non-hydrogen) atoms. The Balaban J connectivity index is 1.92. The van der Waals surface area contributed by atoms with Crippen molar-refractivity contribution in [2.24, 2.45) is 5.84 Å². The van der Waals surface area contributed by atoms with E-state index < -0.39 is 0 Å². The molecule has 0 atom stereocenters. The lowest BCUT2D eigenvalue weighted by Crippen LogP contribution is -2.30. The summed E-state index contributed by atoms with van der Waals surface area (Å²) in [6, 6.07) is 18.3. The van der Waals surface area contributed by atoms with Crippen LogP contribution in [0.4, 0.5) is 0 Å². The van der Waals surface area contributed by atoms with Gasteiger partial charge in [-0.25, -0.2) is 5.84 Å². The second kappa shape index (κ2) is 8.07. The van der Waals surface area contributed by atoms with Crippen LogP contribution in [0.5, 0.6) is 5.75 Å². The van der Waals surface area contributed by atoms with Gasteiger partial charge in [0.15, 0.2) is 0 Å². The second-order valence-electron chi connectivity index (χ2n) is 4.79. The Kier molecular flexibility index (Phi) is 5.79. The summed E-state index contributed by atoms with van der Waals surface area (Å²) < 4.78 is 5.78. The van der Waals surface area contributed by atoms with Gasteiger partial charge in [0.25, 0.3) is 0 Å². The Morgan fingerprint density at radius 1 is 1.05 bits per heavy atom. The molecule has 2 rings (SSSR count). The minimum absolute atomic E-state index is 0.170. The van der Waals surface area contributed by atoms with E-state index in [-0.39, 0.29) is 5.91 Å². The van der Waals surface area contributed by atoms with Crippen LogP contribution in [0.3, 0.4) is 0 Å². The van der Waals surface area contributed by atoms with Gasteiger partial charge in [-0.1, -0.05) is 48.5 Å². The van der Waals surface area contributed by atoms with E-state index in [2.05, 4.69) is 23.6 Å². The number of para-hydroxylation sites is 1. The second-order valence-corrected chi connectivity index (χ2v) is 4.79. The van der Waals surface area contributed by atoms with Gasteiger partial charge in [-0.05, 0) is 23.6 Å². The zero-order valence-electron chi connectivity index (χ0n) is 11.9. The summed E-state index contributed by atoms with van der Waals surface area (Å²) in [6.07, 6.45) is 1.85. The Hall–Kier alpha value is -2.33. The maximum atomic E-state index is 11.0. The standard InChI is InChI=1S/C17H20N2O2/c18-19-17(20)11-6-12-21-16-10-5-4-9-15(16)13-14-7-2-1-3-8-14/h1-5,7-10H,6,11-13,18H2,(H,19,20). The van der Waals surface area contributed by atoms with Gasteiger partial charge in [-0.15, -0.1) is 0 Å². The molecule has 0 unspecified atom stereocenters. The lowest BCUT2D eigenvalue weighted by Gasteiger charge is -2.11. The molecule has 0 aliphatic heterocycles. The van der Waals surface area contributed by atoms with E-state index in [1.165, 1.54) is 5.56 Å². The van der Waals surface area contributed by atoms with E-state index in [1.54, 1.807) is 0 Å². The Morgan fingerprint density at radius 2 is 1.76 bits per heavy atom. The fourth-order valence-electron chi connectivity index (χ4n) is 2.09. The average molecular weight is 284 g/mol. The number of carbonyl (C=O) groups is 1. The van der Waals surface area contributed by atoms with Gasteiger partial charge in [0.1, 0.15) is 5.75 Å². The van der Waals surface area contributed by atoms with Gasteiger partial charge in [0.2, 0.25) is 5.91 Å². The van der Waals surface area contributed by atoms with E-state index in [0.29, 0.717) is 19.4 Å². The normalized spacial score (nSPS) is 10.1. The maximum absolute atomic E-state index is 11.0. The fourth-order valence-corrected chi connectivity index (χ4v) is 2.09. The van der Waals surface area contributed by atoms with E-state index in [9.17, 15) is 4.79 Å². The summed E-state index contributed by atoms with van der Waals surface area (Å²) in [6.45, 7) is 0.499. The molecule has 110 valence electrons. The number of nitrogens with two attached hydrogens (primary N) is 1. The number of amides is 1. The fraction of sp³-hybridized carbons (Fsp3) is 0.235. The predicted molar refractivity (Wildman–Crippen MR) is 82.7 cm³/mol. The van der Waals surface area contributed by atoms with Crippen LogP contribution in [0, 0.1) is 0 Å². The Morgan fingerprint density at radius 3 is 2.52 bits per heavy atom. The van der Waals surface area contributed by atoms with Crippen LogP contribution in [0.1, 0.15) is 24.0 Å². The molecule has 0 aliphatic carbocycles. The zero-order valence-corrected chi connectivity index (χ0v) is 11.9. The third-order valence-corrected chi connectivity index (χ3v) is 3.18. The van der Waals surface area contributed by atoms with Crippen LogP contribution in [0.2, 0.25) is 0 Å². The largest absolute Gasteiger partial charge is 0.493 e. The topological polar surface area (TPSA) is 64.3 Å². The van der Waals surface area contributed by atoms with E-state index >= 15 is 0 Å². The molecular formula is C17H20N2O2. The molecule has 0 spiro atoms. The minimum Gasteiger partial charge on any atom is -0.493 e. The van der Waals surface area contributed by atoms with Gasteiger partial charge in [-0.2, -0.15) is 0 Å². The highest BCUT2D eigenvalue weighted by Gasteiger charge is 2.05. The summed E-state index contributed by atoms with van der Waals surface area (Å²) in [5.41, 5.74) is 4.50. The van der Waals surface area contributed by atoms with Crippen molar-refractivity contribution >= 4 is 5.91 Å². The molecule has 0 saturated carbocycles. The number of rotatable bonds is 7. The number of benzene rings is 2. The quantitative estimate of drug-likeness (QED) is 0.355. The molecule has 0 aliphatic rings. The van der Waals surface area contributed by atoms with Gasteiger partial charge >= 0.3 is 0 Å². The number of hydrazine groups is 1. The van der Waals surface area contributed by atoms with Gasteiger partial charge < -0.3 is 4.74 Å². The molecule has 0 aromatic heterocycles. The molecule has 0 radical (unpaired) electrons. The van der Waals surface area contributed by atoms with Crippen LogP contribution < -0.4 is 16.0 Å². The molecule has 1 amide bonds. The van der Waals surface area contributed by atoms with Gasteiger partial charge in [-0.3, -0.25) is 10.2 Å². The first-order valence-electron chi connectivity index (χ1n) is 7.03. The van der Waals surface area contributed by atoms with Crippen molar-refractivity contribution in [3.63, 3.8) is 0 Å². The number of hydrogen-bond acceptors (Lipinski definition) is 3. The smallest absolute Gasteiger partial charge is 0.234 e. The van der Waals surface area contributed by atoms with Gasteiger partial charge in [0, 0.05) is 12.8 Å². The molecule has 0 saturated heterocycles. The molecule has 0 bridgehead atoms. The molecule has 3 N–H and O–H groups in total. The molecule has 0 heterocycles. The van der Waals surface area contributed by atoms with Crippen molar-refractivity contribution in [1.29, 1.82) is 0 Å². The SMILES string of the molecule is NNC(=O)CCCOc1ccccc1Cc1ccccc1. The average Bonchev–Trinajstić information content (AvgIpc) is 2.53. The Labute approximate surface area is 124 Å². The Bertz CT molecular complexity index is 570. The molecule has 0 fully saturated rings. The highest BCUT2D eigenvalue weighted by Crippen LogP contribution is 2.21. The summed E-state index contributed by atoms with van der Waals surface area (Å²) >= 11 is 0. The maximum Gasteiger partial charge on any atom is 0.234 e. The van der Waals surface area contributed by atoms with Crippen molar-refractivity contribution in [3.05, 3.63) is 65.7 Å². The first-order valence-corrected chi connectivity index (χ1v) is 7.03. The summed E-state index contributed by atoms with van der Waals surface area (Å²) in [4.78, 5) is 11.0. The first kappa shape index (κ1) is 15.1. The highest BCUT2D eigenvalue weighted by molar-refractivity contribution is 5.75. The predicted octanol–water partition coefficient (Wildman–Crippen LogP) is 2.43. The van der Waals surface area contributed by atoms with Crippen molar-refractivity contribution in [1.82, 2.24) is 5.43 Å². The van der Waals surface area contributed by atoms with Gasteiger partial charge in [0.05, 0.1) is 6.61 Å². The van der Waals surface area contributed by atoms with E-state index in [1.807, 2.05) is 36.4 Å². The highest BCUT2D eigenvalue weighted by atomic mass is 16.5. The lowest BCUT2D eigenvalue weighted by atomic mass is 10.0. The summed E-state index contributed by atoms with van der Waals surface area (Å²) in [7, 11) is 0. The number of nitrogens with one attached hydrogen (secondary N) is 1. The van der Waals surface area contributed by atoms with Crippen molar-refractivity contribution in [2.75, 3.05) is 6.61 Å². The number of hydrogen-bond donors (Lipinski definition) is 2. The van der Waals surface area contributed by atoms with E-state index in [0.717, 1.165) is 17.7 Å². The summed E-state index contributed by atoms with van der Waals surface area (Å²) in [5.74, 6) is 5.73. The minimum atomic E-state index is -0.170. The van der Waals surface area contributed by atoms with E-state index in [4.69, 9.17) is 10.6 Å². The van der Waals surface area contributed by atoms with Crippen molar-refractivity contribution in [3.8, 4) is 5.75 Å². The third kappa shape index (κ3) is 4.93. The summed E-state index contributed by atoms with van der Waals surface area (Å²) in [5, 5.41) is 0. The zero-order chi connectivity index (χ0) is 14.9.